The highest BCUT2D eigenvalue weighted by atomic mass is 16.5. The van der Waals surface area contributed by atoms with E-state index in [0.29, 0.717) is 0 Å². The van der Waals surface area contributed by atoms with E-state index in [0.717, 1.165) is 28.6 Å². The fourth-order valence-corrected chi connectivity index (χ4v) is 1.75. The van der Waals surface area contributed by atoms with Gasteiger partial charge in [0.15, 0.2) is 0 Å². The van der Waals surface area contributed by atoms with Gasteiger partial charge in [-0.3, -0.25) is 5.43 Å². The minimum absolute atomic E-state index is 0.723. The van der Waals surface area contributed by atoms with Crippen LogP contribution in [0, 0.1) is 0 Å². The Morgan fingerprint density at radius 1 is 0.750 bits per heavy atom. The van der Waals surface area contributed by atoms with Crippen LogP contribution in [0.2, 0.25) is 0 Å². The number of ether oxygens (including phenoxy) is 3. The molecule has 2 aromatic carbocycles. The third-order valence-corrected chi connectivity index (χ3v) is 2.82. The first kappa shape index (κ1) is 13.9. The highest BCUT2D eigenvalue weighted by Gasteiger charge is 2.04. The van der Waals surface area contributed by atoms with Crippen molar-refractivity contribution in [2.45, 2.75) is 0 Å². The molecule has 5 heteroatoms. The monoisotopic (exact) mass is 274 g/mol. The van der Waals surface area contributed by atoms with Crippen molar-refractivity contribution in [3.63, 3.8) is 0 Å². The van der Waals surface area contributed by atoms with Crippen LogP contribution in [0.5, 0.6) is 17.2 Å². The molecule has 0 aliphatic carbocycles. The summed E-state index contributed by atoms with van der Waals surface area (Å²) in [6.07, 6.45) is 0. The molecule has 0 saturated heterocycles. The molecule has 0 bridgehead atoms. The van der Waals surface area contributed by atoms with Crippen molar-refractivity contribution in [3.05, 3.63) is 42.5 Å². The molecule has 2 rings (SSSR count). The van der Waals surface area contributed by atoms with E-state index < -0.39 is 0 Å². The maximum atomic E-state index is 5.30. The van der Waals surface area contributed by atoms with E-state index in [1.54, 1.807) is 21.3 Å². The number of benzene rings is 2. The molecule has 0 fully saturated rings. The third-order valence-electron chi connectivity index (χ3n) is 2.82. The first-order valence-corrected chi connectivity index (χ1v) is 6.15. The third kappa shape index (κ3) is 3.26. The Bertz CT molecular complexity index is 573. The number of hydrogen-bond acceptors (Lipinski definition) is 5. The summed E-state index contributed by atoms with van der Waals surface area (Å²) in [5.74, 6) is 2.26. The Kier molecular flexibility index (Phi) is 4.55. The standard InChI is InChI=1S/C15H18N2O3/c1-18-12-6-4-5-11(9-12)16-17-14-10-13(19-2)7-8-15(14)20-3/h4-10,16-17H,1-3H3. The predicted molar refractivity (Wildman–Crippen MR) is 79.8 cm³/mol. The van der Waals surface area contributed by atoms with Crippen LogP contribution in [-0.2, 0) is 0 Å². The van der Waals surface area contributed by atoms with Crippen molar-refractivity contribution in [1.82, 2.24) is 0 Å². The zero-order chi connectivity index (χ0) is 14.4. The van der Waals surface area contributed by atoms with Gasteiger partial charge in [-0.05, 0) is 24.3 Å². The molecule has 0 amide bonds. The maximum Gasteiger partial charge on any atom is 0.144 e. The van der Waals surface area contributed by atoms with Gasteiger partial charge in [0.05, 0.1) is 32.7 Å². The van der Waals surface area contributed by atoms with Crippen molar-refractivity contribution in [1.29, 1.82) is 0 Å². The van der Waals surface area contributed by atoms with Crippen LogP contribution >= 0.6 is 0 Å². The van der Waals surface area contributed by atoms with E-state index in [1.807, 2.05) is 42.5 Å². The Hall–Kier alpha value is -2.56. The molecule has 5 nitrogen and oxygen atoms in total. The normalized spacial score (nSPS) is 9.75. The van der Waals surface area contributed by atoms with E-state index in [1.165, 1.54) is 0 Å². The molecular formula is C15H18N2O3. The summed E-state index contributed by atoms with van der Waals surface area (Å²) < 4.78 is 15.7. The molecule has 0 aliphatic rings. The number of nitrogens with one attached hydrogen (secondary N) is 2. The van der Waals surface area contributed by atoms with Crippen LogP contribution in [0.1, 0.15) is 0 Å². The predicted octanol–water partition coefficient (Wildman–Crippen LogP) is 3.15. The molecular weight excluding hydrogens is 256 g/mol. The van der Waals surface area contributed by atoms with E-state index >= 15 is 0 Å². The van der Waals surface area contributed by atoms with Crippen LogP contribution < -0.4 is 25.1 Å². The van der Waals surface area contributed by atoms with Gasteiger partial charge in [-0.2, -0.15) is 0 Å². The lowest BCUT2D eigenvalue weighted by molar-refractivity contribution is 0.404. The number of rotatable bonds is 6. The number of anilines is 2. The molecule has 2 N–H and O–H groups in total. The van der Waals surface area contributed by atoms with Crippen LogP contribution in [0.3, 0.4) is 0 Å². The minimum Gasteiger partial charge on any atom is -0.497 e. The topological polar surface area (TPSA) is 51.8 Å². The van der Waals surface area contributed by atoms with Crippen LogP contribution in [0.4, 0.5) is 11.4 Å². The Balaban J connectivity index is 2.12. The molecule has 0 aromatic heterocycles. The molecule has 0 unspecified atom stereocenters. The maximum absolute atomic E-state index is 5.30. The van der Waals surface area contributed by atoms with Crippen LogP contribution in [0.25, 0.3) is 0 Å². The highest BCUT2D eigenvalue weighted by molar-refractivity contribution is 5.63. The van der Waals surface area contributed by atoms with Gasteiger partial charge < -0.3 is 19.6 Å². The lowest BCUT2D eigenvalue weighted by atomic mass is 10.3. The largest absolute Gasteiger partial charge is 0.497 e. The zero-order valence-electron chi connectivity index (χ0n) is 11.8. The SMILES string of the molecule is COc1cccc(NNc2cc(OC)ccc2OC)c1. The molecule has 0 atom stereocenters. The number of methoxy groups -OCH3 is 3. The highest BCUT2D eigenvalue weighted by Crippen LogP contribution is 2.29. The summed E-state index contributed by atoms with van der Waals surface area (Å²) in [5.41, 5.74) is 7.86. The second-order valence-corrected chi connectivity index (χ2v) is 4.05. The molecule has 0 spiro atoms. The first-order valence-electron chi connectivity index (χ1n) is 6.15. The summed E-state index contributed by atoms with van der Waals surface area (Å²) in [6.45, 7) is 0. The number of hydrazine groups is 1. The van der Waals surface area contributed by atoms with Crippen molar-refractivity contribution < 1.29 is 14.2 Å². The second kappa shape index (κ2) is 6.56. The average Bonchev–Trinajstić information content (AvgIpc) is 2.52. The van der Waals surface area contributed by atoms with Crippen molar-refractivity contribution in [2.75, 3.05) is 32.2 Å². The Labute approximate surface area is 118 Å². The second-order valence-electron chi connectivity index (χ2n) is 4.05. The molecule has 2 aromatic rings. The number of hydrogen-bond donors (Lipinski definition) is 2. The fraction of sp³-hybridized carbons (Fsp3) is 0.200. The molecule has 0 heterocycles. The fourth-order valence-electron chi connectivity index (χ4n) is 1.75. The van der Waals surface area contributed by atoms with E-state index in [9.17, 15) is 0 Å². The summed E-state index contributed by atoms with van der Waals surface area (Å²) in [5, 5.41) is 0. The lowest BCUT2D eigenvalue weighted by Gasteiger charge is -2.14. The van der Waals surface area contributed by atoms with Gasteiger partial charge in [0.1, 0.15) is 17.2 Å². The van der Waals surface area contributed by atoms with E-state index in [2.05, 4.69) is 10.9 Å². The lowest BCUT2D eigenvalue weighted by Crippen LogP contribution is -2.09. The summed E-state index contributed by atoms with van der Waals surface area (Å²) in [7, 11) is 4.89. The summed E-state index contributed by atoms with van der Waals surface area (Å²) >= 11 is 0. The zero-order valence-corrected chi connectivity index (χ0v) is 11.8. The van der Waals surface area contributed by atoms with Crippen LogP contribution in [0.15, 0.2) is 42.5 Å². The van der Waals surface area contributed by atoms with Gasteiger partial charge in [-0.15, -0.1) is 0 Å². The van der Waals surface area contributed by atoms with Crippen molar-refractivity contribution >= 4 is 11.4 Å². The quantitative estimate of drug-likeness (QED) is 0.792. The van der Waals surface area contributed by atoms with Gasteiger partial charge in [0.2, 0.25) is 0 Å². The van der Waals surface area contributed by atoms with Crippen molar-refractivity contribution in [3.8, 4) is 17.2 Å². The van der Waals surface area contributed by atoms with Crippen LogP contribution in [-0.4, -0.2) is 21.3 Å². The minimum atomic E-state index is 0.723. The van der Waals surface area contributed by atoms with Crippen molar-refractivity contribution in [2.24, 2.45) is 0 Å². The molecule has 0 radical (unpaired) electrons. The summed E-state index contributed by atoms with van der Waals surface area (Å²) in [4.78, 5) is 0. The average molecular weight is 274 g/mol. The first-order chi connectivity index (χ1) is 9.76. The summed E-state index contributed by atoms with van der Waals surface area (Å²) in [6, 6.07) is 13.2. The molecule has 0 saturated carbocycles. The van der Waals surface area contributed by atoms with Gasteiger partial charge >= 0.3 is 0 Å². The van der Waals surface area contributed by atoms with Gasteiger partial charge in [-0.1, -0.05) is 6.07 Å². The molecule has 20 heavy (non-hydrogen) atoms. The van der Waals surface area contributed by atoms with Gasteiger partial charge in [0, 0.05) is 12.1 Å². The Morgan fingerprint density at radius 3 is 2.20 bits per heavy atom. The van der Waals surface area contributed by atoms with Gasteiger partial charge in [0.25, 0.3) is 0 Å². The smallest absolute Gasteiger partial charge is 0.144 e. The molecule has 106 valence electrons. The van der Waals surface area contributed by atoms with Gasteiger partial charge in [-0.25, -0.2) is 0 Å². The van der Waals surface area contributed by atoms with E-state index in [-0.39, 0.29) is 0 Å². The Morgan fingerprint density at radius 2 is 1.50 bits per heavy atom. The molecule has 0 aliphatic heterocycles. The van der Waals surface area contributed by atoms with E-state index in [4.69, 9.17) is 14.2 Å².